The predicted molar refractivity (Wildman–Crippen MR) is 124 cm³/mol. The summed E-state index contributed by atoms with van der Waals surface area (Å²) in [6.07, 6.45) is 0.977. The zero-order chi connectivity index (χ0) is 24.3. The molecule has 2 N–H and O–H groups in total. The number of ether oxygens (including phenoxy) is 1. The van der Waals surface area contributed by atoms with E-state index in [9.17, 15) is 22.8 Å². The topological polar surface area (TPSA) is 125 Å². The van der Waals surface area contributed by atoms with Gasteiger partial charge in [0.1, 0.15) is 5.75 Å². The minimum absolute atomic E-state index is 0.0416. The Hall–Kier alpha value is -3.44. The highest BCUT2D eigenvalue weighted by Crippen LogP contribution is 2.33. The Bertz CT molecular complexity index is 1190. The van der Waals surface area contributed by atoms with Crippen molar-refractivity contribution in [1.29, 1.82) is 0 Å². The smallest absolute Gasteiger partial charge is 0.269 e. The molecule has 0 aliphatic carbocycles. The number of hydrogen-bond acceptors (Lipinski definition) is 6. The molecule has 0 radical (unpaired) electrons. The van der Waals surface area contributed by atoms with E-state index >= 15 is 0 Å². The van der Waals surface area contributed by atoms with Crippen LogP contribution in [0, 0.1) is 0 Å². The van der Waals surface area contributed by atoms with Crippen LogP contribution < -0.4 is 20.5 Å². The van der Waals surface area contributed by atoms with Crippen LogP contribution in [-0.2, 0) is 19.6 Å². The number of fused-ring (bicyclic) bond motifs is 1. The lowest BCUT2D eigenvalue weighted by Gasteiger charge is -2.32. The molecule has 1 atom stereocenters. The molecule has 0 spiro atoms. The van der Waals surface area contributed by atoms with E-state index in [-0.39, 0.29) is 29.3 Å². The summed E-state index contributed by atoms with van der Waals surface area (Å²) in [5, 5.41) is 0. The number of carbonyl (C=O) groups is 3. The van der Waals surface area contributed by atoms with Crippen molar-refractivity contribution in [2.45, 2.75) is 37.2 Å². The highest BCUT2D eigenvalue weighted by molar-refractivity contribution is 7.89. The Kier molecular flexibility index (Phi) is 6.85. The second-order valence-electron chi connectivity index (χ2n) is 8.11. The fraction of sp³-hybridized carbons (Fsp3) is 0.348. The first-order valence-electron chi connectivity index (χ1n) is 11.0. The highest BCUT2D eigenvalue weighted by Gasteiger charge is 2.31. The molecular weight excluding hydrogens is 460 g/mol. The van der Waals surface area contributed by atoms with Crippen molar-refractivity contribution in [2.24, 2.45) is 0 Å². The molecule has 0 saturated carbocycles. The summed E-state index contributed by atoms with van der Waals surface area (Å²) in [5.74, 6) is -0.746. The van der Waals surface area contributed by atoms with Crippen LogP contribution in [-0.4, -0.2) is 56.2 Å². The summed E-state index contributed by atoms with van der Waals surface area (Å²) in [5.41, 5.74) is 5.43. The van der Waals surface area contributed by atoms with Gasteiger partial charge < -0.3 is 9.64 Å². The first-order chi connectivity index (χ1) is 16.3. The minimum Gasteiger partial charge on any atom is -0.479 e. The van der Waals surface area contributed by atoms with Crippen LogP contribution in [0.5, 0.6) is 5.75 Å². The van der Waals surface area contributed by atoms with Crippen molar-refractivity contribution < 1.29 is 27.5 Å². The predicted octanol–water partition coefficient (Wildman–Crippen LogP) is 1.44. The molecule has 11 heteroatoms. The van der Waals surface area contributed by atoms with E-state index in [1.165, 1.54) is 33.5 Å². The summed E-state index contributed by atoms with van der Waals surface area (Å²) in [4.78, 5) is 38.7. The van der Waals surface area contributed by atoms with Crippen LogP contribution >= 0.6 is 0 Å². The highest BCUT2D eigenvalue weighted by atomic mass is 32.2. The Labute approximate surface area is 197 Å². The van der Waals surface area contributed by atoms with Gasteiger partial charge in [0.2, 0.25) is 15.9 Å². The lowest BCUT2D eigenvalue weighted by molar-refractivity contribution is -0.125. The van der Waals surface area contributed by atoms with E-state index in [1.54, 1.807) is 31.2 Å². The normalized spacial score (nSPS) is 18.2. The quantitative estimate of drug-likeness (QED) is 0.595. The van der Waals surface area contributed by atoms with Gasteiger partial charge in [-0.1, -0.05) is 12.1 Å². The van der Waals surface area contributed by atoms with Crippen molar-refractivity contribution >= 4 is 33.4 Å². The number of anilines is 1. The van der Waals surface area contributed by atoms with E-state index in [1.807, 2.05) is 0 Å². The Morgan fingerprint density at radius 3 is 2.41 bits per heavy atom. The molecule has 10 nitrogen and oxygen atoms in total. The number of amides is 3. The second-order valence-corrected chi connectivity index (χ2v) is 10.0. The number of hydrazine groups is 1. The summed E-state index contributed by atoms with van der Waals surface area (Å²) in [6, 6.07) is 12.6. The molecule has 2 aliphatic rings. The molecule has 4 rings (SSSR count). The van der Waals surface area contributed by atoms with Crippen molar-refractivity contribution in [2.75, 3.05) is 24.5 Å². The SMILES string of the molecule is CC1Oc2ccccc2N(CCC(=O)NNC(=O)c2ccc(S(=O)(=O)N3CCCC3)cc2)C1=O. The van der Waals surface area contributed by atoms with Crippen molar-refractivity contribution in [3.63, 3.8) is 0 Å². The third-order valence-corrected chi connectivity index (χ3v) is 7.68. The van der Waals surface area contributed by atoms with E-state index in [0.717, 1.165) is 12.8 Å². The van der Waals surface area contributed by atoms with Crippen molar-refractivity contribution in [1.82, 2.24) is 15.2 Å². The molecule has 0 bridgehead atoms. The van der Waals surface area contributed by atoms with Crippen LogP contribution in [0.2, 0.25) is 0 Å². The van der Waals surface area contributed by atoms with E-state index in [0.29, 0.717) is 24.5 Å². The maximum absolute atomic E-state index is 12.6. The molecule has 2 aromatic rings. The number of nitrogens with one attached hydrogen (secondary N) is 2. The van der Waals surface area contributed by atoms with Crippen LogP contribution in [0.1, 0.15) is 36.5 Å². The zero-order valence-electron chi connectivity index (χ0n) is 18.7. The molecule has 180 valence electrons. The third kappa shape index (κ3) is 4.90. The van der Waals surface area contributed by atoms with E-state index < -0.39 is 27.9 Å². The van der Waals surface area contributed by atoms with Crippen LogP contribution in [0.15, 0.2) is 53.4 Å². The average Bonchev–Trinajstić information content (AvgIpc) is 3.39. The minimum atomic E-state index is -3.56. The molecule has 1 unspecified atom stereocenters. The molecule has 2 aromatic carbocycles. The van der Waals surface area contributed by atoms with Gasteiger partial charge in [0.05, 0.1) is 10.6 Å². The molecule has 3 amide bonds. The van der Waals surface area contributed by atoms with Gasteiger partial charge in [-0.2, -0.15) is 4.31 Å². The van der Waals surface area contributed by atoms with Gasteiger partial charge in [-0.25, -0.2) is 8.42 Å². The third-order valence-electron chi connectivity index (χ3n) is 5.77. The van der Waals surface area contributed by atoms with Gasteiger partial charge >= 0.3 is 0 Å². The van der Waals surface area contributed by atoms with Crippen LogP contribution in [0.4, 0.5) is 5.69 Å². The van der Waals surface area contributed by atoms with E-state index in [2.05, 4.69) is 10.9 Å². The Balaban J connectivity index is 1.30. The van der Waals surface area contributed by atoms with Gasteiger partial charge in [-0.3, -0.25) is 25.2 Å². The van der Waals surface area contributed by atoms with Crippen LogP contribution in [0.3, 0.4) is 0 Å². The monoisotopic (exact) mass is 486 g/mol. The van der Waals surface area contributed by atoms with Crippen molar-refractivity contribution in [3.05, 3.63) is 54.1 Å². The summed E-state index contributed by atoms with van der Waals surface area (Å²) >= 11 is 0. The van der Waals surface area contributed by atoms with Gasteiger partial charge in [-0.15, -0.1) is 0 Å². The number of nitrogens with zero attached hydrogens (tertiary/aromatic N) is 2. The summed E-state index contributed by atoms with van der Waals surface area (Å²) < 4.78 is 32.2. The molecule has 0 aromatic heterocycles. The lowest BCUT2D eigenvalue weighted by atomic mass is 10.1. The maximum atomic E-state index is 12.6. The van der Waals surface area contributed by atoms with Gasteiger partial charge in [-0.05, 0) is 56.2 Å². The summed E-state index contributed by atoms with van der Waals surface area (Å²) in [6.45, 7) is 2.76. The number of carbonyl (C=O) groups excluding carboxylic acids is 3. The van der Waals surface area contributed by atoms with Gasteiger partial charge in [0.25, 0.3) is 11.8 Å². The number of hydrogen-bond donors (Lipinski definition) is 2. The molecule has 2 heterocycles. The van der Waals surface area contributed by atoms with Gasteiger partial charge in [0.15, 0.2) is 6.10 Å². The first-order valence-corrected chi connectivity index (χ1v) is 12.5. The molecule has 2 aliphatic heterocycles. The van der Waals surface area contributed by atoms with E-state index in [4.69, 9.17) is 4.74 Å². The molecule has 1 fully saturated rings. The van der Waals surface area contributed by atoms with Gasteiger partial charge in [0, 0.05) is 31.6 Å². The Morgan fingerprint density at radius 1 is 1.03 bits per heavy atom. The zero-order valence-corrected chi connectivity index (χ0v) is 19.5. The number of benzene rings is 2. The fourth-order valence-corrected chi connectivity index (χ4v) is 5.44. The molecular formula is C23H26N4O6S. The largest absolute Gasteiger partial charge is 0.479 e. The number of para-hydroxylation sites is 2. The van der Waals surface area contributed by atoms with Crippen molar-refractivity contribution in [3.8, 4) is 5.75 Å². The standard InChI is InChI=1S/C23H26N4O6S/c1-16-23(30)27(19-6-2-3-7-20(19)33-16)15-12-21(28)24-25-22(29)17-8-10-18(11-9-17)34(31,32)26-13-4-5-14-26/h2-3,6-11,16H,4-5,12-15H2,1H3,(H,24,28)(H,25,29). The lowest BCUT2D eigenvalue weighted by Crippen LogP contribution is -2.47. The first kappa shape index (κ1) is 23.7. The number of rotatable bonds is 6. The maximum Gasteiger partial charge on any atom is 0.269 e. The molecule has 1 saturated heterocycles. The Morgan fingerprint density at radius 2 is 1.71 bits per heavy atom. The summed E-state index contributed by atoms with van der Waals surface area (Å²) in [7, 11) is -3.56. The fourth-order valence-electron chi connectivity index (χ4n) is 3.92. The average molecular weight is 487 g/mol. The second kappa shape index (κ2) is 9.82. The number of sulfonamides is 1. The molecule has 34 heavy (non-hydrogen) atoms. The van der Waals surface area contributed by atoms with Crippen LogP contribution in [0.25, 0.3) is 0 Å².